The quantitative estimate of drug-likeness (QED) is 0.700. The average Bonchev–Trinajstić information content (AvgIpc) is 3.01. The Labute approximate surface area is 179 Å². The van der Waals surface area contributed by atoms with Crippen molar-refractivity contribution in [1.29, 1.82) is 0 Å². The fourth-order valence-corrected chi connectivity index (χ4v) is 5.27. The van der Waals surface area contributed by atoms with E-state index in [1.54, 1.807) is 49.4 Å². The number of anilines is 1. The number of nitrogens with one attached hydrogen (secondary N) is 1. The highest BCUT2D eigenvalue weighted by atomic mass is 32.2. The van der Waals surface area contributed by atoms with Crippen molar-refractivity contribution in [3.8, 4) is 5.75 Å². The number of benzene rings is 2. The van der Waals surface area contributed by atoms with E-state index in [1.807, 2.05) is 0 Å². The Hall–Kier alpha value is -2.85. The van der Waals surface area contributed by atoms with E-state index in [-0.39, 0.29) is 34.8 Å². The van der Waals surface area contributed by atoms with Gasteiger partial charge in [-0.1, -0.05) is 36.0 Å². The molecule has 2 aromatic rings. The van der Waals surface area contributed by atoms with Crippen molar-refractivity contribution in [2.24, 2.45) is 4.40 Å². The number of nitrogens with zero attached hydrogens (tertiary/aromatic N) is 2. The molecule has 1 atom stereocenters. The molecule has 1 heterocycles. The molecule has 0 aliphatic carbocycles. The van der Waals surface area contributed by atoms with Crippen LogP contribution in [0.25, 0.3) is 0 Å². The number of methoxy groups -OCH3 is 1. The molecule has 1 aliphatic heterocycles. The minimum absolute atomic E-state index is 0.0424. The summed E-state index contributed by atoms with van der Waals surface area (Å²) in [6.45, 7) is 1.98. The highest BCUT2D eigenvalue weighted by Crippen LogP contribution is 2.31. The summed E-state index contributed by atoms with van der Waals surface area (Å²) in [6.07, 6.45) is -0.110. The molecule has 1 unspecified atom stereocenters. The maximum Gasteiger partial charge on any atom is 0.284 e. The zero-order chi connectivity index (χ0) is 21.7. The third-order valence-corrected chi connectivity index (χ3v) is 6.87. The first-order valence-corrected chi connectivity index (χ1v) is 11.5. The lowest BCUT2D eigenvalue weighted by atomic mass is 10.2. The molecular formula is C20H21N3O5S2. The predicted octanol–water partition coefficient (Wildman–Crippen LogP) is 2.73. The van der Waals surface area contributed by atoms with Crippen molar-refractivity contribution in [2.45, 2.75) is 23.5 Å². The van der Waals surface area contributed by atoms with Crippen LogP contribution in [0.15, 0.2) is 63.9 Å². The van der Waals surface area contributed by atoms with E-state index in [9.17, 15) is 18.0 Å². The summed E-state index contributed by atoms with van der Waals surface area (Å²) in [7, 11) is -2.43. The van der Waals surface area contributed by atoms with Crippen LogP contribution in [0, 0.1) is 0 Å². The summed E-state index contributed by atoms with van der Waals surface area (Å²) in [6, 6.07) is 14.7. The lowest BCUT2D eigenvalue weighted by Gasteiger charge is -2.13. The molecule has 2 aromatic carbocycles. The van der Waals surface area contributed by atoms with Gasteiger partial charge in [-0.25, -0.2) is 0 Å². The summed E-state index contributed by atoms with van der Waals surface area (Å²) < 4.78 is 34.1. The molecule has 3 rings (SSSR count). The number of carbonyl (C=O) groups excluding carboxylic acids is 2. The minimum atomic E-state index is -3.96. The molecule has 0 bridgehead atoms. The molecule has 2 amide bonds. The van der Waals surface area contributed by atoms with Crippen molar-refractivity contribution in [1.82, 2.24) is 4.90 Å². The van der Waals surface area contributed by atoms with Crippen molar-refractivity contribution in [3.63, 3.8) is 0 Å². The second-order valence-corrected chi connectivity index (χ2v) is 9.11. The zero-order valence-electron chi connectivity index (χ0n) is 16.4. The number of amidine groups is 1. The Bertz CT molecular complexity index is 1070. The Morgan fingerprint density at radius 1 is 1.20 bits per heavy atom. The molecule has 1 aliphatic rings. The van der Waals surface area contributed by atoms with E-state index in [0.717, 1.165) is 11.8 Å². The lowest BCUT2D eigenvalue weighted by molar-refractivity contribution is -0.128. The second-order valence-electron chi connectivity index (χ2n) is 6.34. The first-order chi connectivity index (χ1) is 14.3. The number of rotatable bonds is 7. The smallest absolute Gasteiger partial charge is 0.284 e. The van der Waals surface area contributed by atoms with Crippen molar-refractivity contribution < 1.29 is 22.7 Å². The minimum Gasteiger partial charge on any atom is -0.497 e. The van der Waals surface area contributed by atoms with Gasteiger partial charge in [0.25, 0.3) is 10.0 Å². The number of hydrogen-bond acceptors (Lipinski definition) is 6. The molecule has 158 valence electrons. The summed E-state index contributed by atoms with van der Waals surface area (Å²) in [5.41, 5.74) is 0.544. The van der Waals surface area contributed by atoms with Gasteiger partial charge in [-0.05, 0) is 31.2 Å². The molecule has 0 aromatic heterocycles. The van der Waals surface area contributed by atoms with Gasteiger partial charge >= 0.3 is 0 Å². The molecule has 8 nitrogen and oxygen atoms in total. The van der Waals surface area contributed by atoms with Gasteiger partial charge in [-0.3, -0.25) is 14.5 Å². The molecular weight excluding hydrogens is 426 g/mol. The fraction of sp³-hybridized carbons (Fsp3) is 0.250. The molecule has 0 saturated carbocycles. The zero-order valence-corrected chi connectivity index (χ0v) is 18.1. The highest BCUT2D eigenvalue weighted by Gasteiger charge is 2.39. The normalized spacial score (nSPS) is 17.9. The topological polar surface area (TPSA) is 105 Å². The van der Waals surface area contributed by atoms with E-state index in [4.69, 9.17) is 4.74 Å². The average molecular weight is 448 g/mol. The van der Waals surface area contributed by atoms with Gasteiger partial charge in [0.05, 0.1) is 12.0 Å². The number of ether oxygens (including phenoxy) is 1. The van der Waals surface area contributed by atoms with E-state index in [1.165, 1.54) is 24.1 Å². The summed E-state index contributed by atoms with van der Waals surface area (Å²) in [5.74, 6) is -0.112. The number of sulfonamides is 1. The SMILES string of the molecule is CCN1C(=O)C(CC(=O)Nc2cccc(OC)c2)S/C1=N\S(=O)(=O)c1ccccc1. The molecule has 10 heteroatoms. The van der Waals surface area contributed by atoms with Crippen LogP contribution in [0.3, 0.4) is 0 Å². The van der Waals surface area contributed by atoms with E-state index in [2.05, 4.69) is 9.71 Å². The Kier molecular flexibility index (Phi) is 6.78. The molecule has 30 heavy (non-hydrogen) atoms. The van der Waals surface area contributed by atoms with Crippen LogP contribution >= 0.6 is 11.8 Å². The predicted molar refractivity (Wildman–Crippen MR) is 116 cm³/mol. The standard InChI is InChI=1S/C20H21N3O5S2/c1-3-23-19(25)17(13-18(24)21-14-8-7-9-15(12-14)28-2)29-20(23)22-30(26,27)16-10-5-4-6-11-16/h4-12,17H,3,13H2,1-2H3,(H,21,24)/b22-20-. The third kappa shape index (κ3) is 5.00. The summed E-state index contributed by atoms with van der Waals surface area (Å²) in [5, 5.41) is 2.05. The van der Waals surface area contributed by atoms with Crippen LogP contribution in [0.2, 0.25) is 0 Å². The molecule has 1 N–H and O–H groups in total. The van der Waals surface area contributed by atoms with Gasteiger partial charge in [0.15, 0.2) is 5.17 Å². The van der Waals surface area contributed by atoms with E-state index >= 15 is 0 Å². The molecule has 0 radical (unpaired) electrons. The number of hydrogen-bond donors (Lipinski definition) is 1. The Morgan fingerprint density at radius 3 is 2.60 bits per heavy atom. The van der Waals surface area contributed by atoms with Crippen LogP contribution in [0.4, 0.5) is 5.69 Å². The fourth-order valence-electron chi connectivity index (χ4n) is 2.83. The number of thioether (sulfide) groups is 1. The van der Waals surface area contributed by atoms with Crippen LogP contribution in [0.5, 0.6) is 5.75 Å². The van der Waals surface area contributed by atoms with Gasteiger partial charge < -0.3 is 10.1 Å². The third-order valence-electron chi connectivity index (χ3n) is 4.30. The molecule has 1 fully saturated rings. The maximum atomic E-state index is 12.7. The first-order valence-electron chi connectivity index (χ1n) is 9.16. The van der Waals surface area contributed by atoms with Gasteiger partial charge in [0, 0.05) is 24.7 Å². The lowest BCUT2D eigenvalue weighted by Crippen LogP contribution is -2.33. The van der Waals surface area contributed by atoms with Gasteiger partial charge in [-0.2, -0.15) is 8.42 Å². The second kappa shape index (κ2) is 9.31. The monoisotopic (exact) mass is 447 g/mol. The van der Waals surface area contributed by atoms with Gasteiger partial charge in [0.2, 0.25) is 11.8 Å². The van der Waals surface area contributed by atoms with Crippen LogP contribution in [-0.2, 0) is 19.6 Å². The van der Waals surface area contributed by atoms with E-state index in [0.29, 0.717) is 11.4 Å². The largest absolute Gasteiger partial charge is 0.497 e. The molecule has 0 spiro atoms. The molecule has 1 saturated heterocycles. The Morgan fingerprint density at radius 2 is 1.93 bits per heavy atom. The van der Waals surface area contributed by atoms with Crippen LogP contribution < -0.4 is 10.1 Å². The van der Waals surface area contributed by atoms with Gasteiger partial charge in [-0.15, -0.1) is 4.40 Å². The maximum absolute atomic E-state index is 12.7. The first kappa shape index (κ1) is 21.8. The van der Waals surface area contributed by atoms with E-state index < -0.39 is 15.3 Å². The van der Waals surface area contributed by atoms with Crippen LogP contribution in [-0.4, -0.2) is 49.2 Å². The van der Waals surface area contributed by atoms with Crippen LogP contribution in [0.1, 0.15) is 13.3 Å². The van der Waals surface area contributed by atoms with Crippen molar-refractivity contribution in [2.75, 3.05) is 19.0 Å². The summed E-state index contributed by atoms with van der Waals surface area (Å²) in [4.78, 5) is 26.4. The number of amides is 2. The number of carbonyl (C=O) groups is 2. The van der Waals surface area contributed by atoms with Gasteiger partial charge in [0.1, 0.15) is 11.0 Å². The summed E-state index contributed by atoms with van der Waals surface area (Å²) >= 11 is 0.981. The highest BCUT2D eigenvalue weighted by molar-refractivity contribution is 8.16. The Balaban J connectivity index is 1.74. The van der Waals surface area contributed by atoms with Crippen molar-refractivity contribution >= 4 is 44.5 Å². The van der Waals surface area contributed by atoms with Crippen molar-refractivity contribution in [3.05, 3.63) is 54.6 Å².